The van der Waals surface area contributed by atoms with E-state index in [1.54, 1.807) is 6.07 Å². The molecule has 1 fully saturated rings. The summed E-state index contributed by atoms with van der Waals surface area (Å²) in [6, 6.07) is 9.09. The number of carbonyl (C=O) groups excluding carboxylic acids is 1. The standard InChI is InChI=1S/C16H21N3O4S/c1-19(2)24(21,22)10-12-8-23-9-15(12)18-16(20)14-7-11-5-3-4-6-13(11)17-14/h3-7,12,15,17H,8-10H2,1-2H3,(H,18,20). The lowest BCUT2D eigenvalue weighted by Gasteiger charge is -2.20. The maximum Gasteiger partial charge on any atom is 0.268 e. The van der Waals surface area contributed by atoms with Crippen molar-refractivity contribution in [2.75, 3.05) is 33.1 Å². The summed E-state index contributed by atoms with van der Waals surface area (Å²) in [6.45, 7) is 0.643. The number of hydrogen-bond acceptors (Lipinski definition) is 4. The summed E-state index contributed by atoms with van der Waals surface area (Å²) in [5, 5.41) is 3.85. The summed E-state index contributed by atoms with van der Waals surface area (Å²) in [7, 11) is -0.335. The van der Waals surface area contributed by atoms with Crippen molar-refractivity contribution in [2.45, 2.75) is 6.04 Å². The van der Waals surface area contributed by atoms with Gasteiger partial charge in [-0.1, -0.05) is 18.2 Å². The Morgan fingerprint density at radius 1 is 1.33 bits per heavy atom. The van der Waals surface area contributed by atoms with Crippen LogP contribution in [0.3, 0.4) is 0 Å². The molecule has 130 valence electrons. The molecule has 2 heterocycles. The van der Waals surface area contributed by atoms with Crippen LogP contribution in [0, 0.1) is 5.92 Å². The average Bonchev–Trinajstić information content (AvgIpc) is 3.13. The lowest BCUT2D eigenvalue weighted by atomic mass is 10.1. The van der Waals surface area contributed by atoms with Gasteiger partial charge in [-0.3, -0.25) is 4.79 Å². The molecule has 1 aromatic carbocycles. The lowest BCUT2D eigenvalue weighted by molar-refractivity contribution is 0.0922. The first kappa shape index (κ1) is 16.9. The van der Waals surface area contributed by atoms with Crippen molar-refractivity contribution in [3.8, 4) is 0 Å². The van der Waals surface area contributed by atoms with Crippen LogP contribution in [-0.4, -0.2) is 62.7 Å². The number of hydrogen-bond donors (Lipinski definition) is 2. The van der Waals surface area contributed by atoms with Crippen molar-refractivity contribution in [2.24, 2.45) is 5.92 Å². The molecule has 0 bridgehead atoms. The maximum absolute atomic E-state index is 12.5. The SMILES string of the molecule is CN(C)S(=O)(=O)CC1COCC1NC(=O)c1cc2ccccc2[nH]1. The molecule has 1 saturated heterocycles. The van der Waals surface area contributed by atoms with E-state index in [9.17, 15) is 13.2 Å². The number of carbonyl (C=O) groups is 1. The number of fused-ring (bicyclic) bond motifs is 1. The van der Waals surface area contributed by atoms with Gasteiger partial charge in [0.25, 0.3) is 5.91 Å². The van der Waals surface area contributed by atoms with E-state index in [1.165, 1.54) is 18.4 Å². The molecule has 24 heavy (non-hydrogen) atoms. The van der Waals surface area contributed by atoms with Crippen LogP contribution in [0.2, 0.25) is 0 Å². The molecule has 1 aliphatic rings. The fourth-order valence-electron chi connectivity index (χ4n) is 2.78. The van der Waals surface area contributed by atoms with Crippen molar-refractivity contribution < 1.29 is 17.9 Å². The van der Waals surface area contributed by atoms with Crippen LogP contribution in [0.1, 0.15) is 10.5 Å². The van der Waals surface area contributed by atoms with Crippen LogP contribution in [0.25, 0.3) is 10.9 Å². The van der Waals surface area contributed by atoms with E-state index in [4.69, 9.17) is 4.74 Å². The minimum atomic E-state index is -3.34. The third-order valence-electron chi connectivity index (χ3n) is 4.27. The summed E-state index contributed by atoms with van der Waals surface area (Å²) >= 11 is 0. The number of amides is 1. The van der Waals surface area contributed by atoms with Crippen molar-refractivity contribution >= 4 is 26.8 Å². The van der Waals surface area contributed by atoms with E-state index in [2.05, 4.69) is 10.3 Å². The zero-order chi connectivity index (χ0) is 17.3. The van der Waals surface area contributed by atoms with E-state index < -0.39 is 10.0 Å². The minimum Gasteiger partial charge on any atom is -0.379 e. The van der Waals surface area contributed by atoms with Gasteiger partial charge in [0.2, 0.25) is 10.0 Å². The van der Waals surface area contributed by atoms with Gasteiger partial charge in [0.1, 0.15) is 5.69 Å². The van der Waals surface area contributed by atoms with Crippen LogP contribution in [0.4, 0.5) is 0 Å². The fourth-order valence-corrected chi connectivity index (χ4v) is 3.95. The minimum absolute atomic E-state index is 0.0440. The third kappa shape index (κ3) is 3.45. The highest BCUT2D eigenvalue weighted by Crippen LogP contribution is 2.19. The highest BCUT2D eigenvalue weighted by molar-refractivity contribution is 7.89. The second kappa shape index (κ2) is 6.54. The maximum atomic E-state index is 12.5. The highest BCUT2D eigenvalue weighted by Gasteiger charge is 2.34. The molecule has 2 unspecified atom stereocenters. The Hall–Kier alpha value is -1.90. The summed E-state index contributed by atoms with van der Waals surface area (Å²) < 4.78 is 30.7. The number of rotatable bonds is 5. The Kier molecular flexibility index (Phi) is 4.62. The monoisotopic (exact) mass is 351 g/mol. The Morgan fingerprint density at radius 2 is 2.08 bits per heavy atom. The molecule has 0 radical (unpaired) electrons. The first-order valence-corrected chi connectivity index (χ1v) is 9.34. The number of benzene rings is 1. The molecule has 8 heteroatoms. The van der Waals surface area contributed by atoms with Crippen LogP contribution in [0.5, 0.6) is 0 Å². The second-order valence-corrected chi connectivity index (χ2v) is 8.44. The zero-order valence-electron chi connectivity index (χ0n) is 13.7. The second-order valence-electron chi connectivity index (χ2n) is 6.21. The fraction of sp³-hybridized carbons (Fsp3) is 0.438. The first-order valence-electron chi connectivity index (χ1n) is 7.73. The van der Waals surface area contributed by atoms with Crippen molar-refractivity contribution in [1.82, 2.24) is 14.6 Å². The lowest BCUT2D eigenvalue weighted by Crippen LogP contribution is -2.43. The molecule has 1 aromatic heterocycles. The summed E-state index contributed by atoms with van der Waals surface area (Å²) in [5.41, 5.74) is 1.34. The molecule has 0 aliphatic carbocycles. The topological polar surface area (TPSA) is 91.5 Å². The molecular formula is C16H21N3O4S. The van der Waals surface area contributed by atoms with Crippen LogP contribution >= 0.6 is 0 Å². The van der Waals surface area contributed by atoms with Gasteiger partial charge in [-0.15, -0.1) is 0 Å². The Balaban J connectivity index is 1.71. The van der Waals surface area contributed by atoms with E-state index in [1.807, 2.05) is 24.3 Å². The molecule has 0 spiro atoms. The van der Waals surface area contributed by atoms with Gasteiger partial charge in [0, 0.05) is 30.9 Å². The number of sulfonamides is 1. The van der Waals surface area contributed by atoms with Gasteiger partial charge in [0.15, 0.2) is 0 Å². The van der Waals surface area contributed by atoms with Crippen LogP contribution in [-0.2, 0) is 14.8 Å². The molecule has 2 N–H and O–H groups in total. The normalized spacial score (nSPS) is 21.5. The van der Waals surface area contributed by atoms with Crippen LogP contribution in [0.15, 0.2) is 30.3 Å². The Labute approximate surface area is 141 Å². The number of H-pyrrole nitrogens is 1. The number of para-hydroxylation sites is 1. The number of nitrogens with zero attached hydrogens (tertiary/aromatic N) is 1. The van der Waals surface area contributed by atoms with Crippen LogP contribution < -0.4 is 5.32 Å². The summed E-state index contributed by atoms with van der Waals surface area (Å²) in [4.78, 5) is 15.5. The Bertz CT molecular complexity index is 811. The number of aromatic nitrogens is 1. The molecule has 1 aliphatic heterocycles. The Morgan fingerprint density at radius 3 is 2.79 bits per heavy atom. The van der Waals surface area contributed by atoms with E-state index in [-0.39, 0.29) is 23.6 Å². The molecule has 0 saturated carbocycles. The first-order chi connectivity index (χ1) is 11.4. The number of ether oxygens (including phenoxy) is 1. The molecule has 7 nitrogen and oxygen atoms in total. The molecule has 1 amide bonds. The van der Waals surface area contributed by atoms with Crippen molar-refractivity contribution in [1.29, 1.82) is 0 Å². The van der Waals surface area contributed by atoms with Gasteiger partial charge in [0.05, 0.1) is 25.0 Å². The smallest absolute Gasteiger partial charge is 0.268 e. The molecule has 2 aromatic rings. The van der Waals surface area contributed by atoms with Gasteiger partial charge < -0.3 is 15.0 Å². The summed E-state index contributed by atoms with van der Waals surface area (Å²) in [5.74, 6) is -0.558. The van der Waals surface area contributed by atoms with Crippen molar-refractivity contribution in [3.05, 3.63) is 36.0 Å². The van der Waals surface area contributed by atoms with Gasteiger partial charge >= 0.3 is 0 Å². The third-order valence-corrected chi connectivity index (χ3v) is 6.23. The summed E-state index contributed by atoms with van der Waals surface area (Å²) in [6.07, 6.45) is 0. The zero-order valence-corrected chi connectivity index (χ0v) is 14.5. The molecule has 2 atom stereocenters. The molecular weight excluding hydrogens is 330 g/mol. The number of nitrogens with one attached hydrogen (secondary N) is 2. The van der Waals surface area contributed by atoms with Gasteiger partial charge in [-0.05, 0) is 12.1 Å². The highest BCUT2D eigenvalue weighted by atomic mass is 32.2. The predicted molar refractivity (Wildman–Crippen MR) is 91.3 cm³/mol. The van der Waals surface area contributed by atoms with E-state index >= 15 is 0 Å². The molecule has 3 rings (SSSR count). The van der Waals surface area contributed by atoms with E-state index in [0.29, 0.717) is 18.9 Å². The van der Waals surface area contributed by atoms with E-state index in [0.717, 1.165) is 10.9 Å². The largest absolute Gasteiger partial charge is 0.379 e. The van der Waals surface area contributed by atoms with Gasteiger partial charge in [-0.2, -0.15) is 0 Å². The number of aromatic amines is 1. The predicted octanol–water partition coefficient (Wildman–Crippen LogP) is 0.804. The van der Waals surface area contributed by atoms with Gasteiger partial charge in [-0.25, -0.2) is 12.7 Å². The quantitative estimate of drug-likeness (QED) is 0.834. The van der Waals surface area contributed by atoms with Crippen molar-refractivity contribution in [3.63, 3.8) is 0 Å². The average molecular weight is 351 g/mol.